The number of carbonyl (C=O) groups is 1. The van der Waals surface area contributed by atoms with Crippen molar-refractivity contribution < 1.29 is 17.9 Å². The first-order valence-corrected chi connectivity index (χ1v) is 8.93. The number of benzene rings is 1. The van der Waals surface area contributed by atoms with Crippen LogP contribution in [0.5, 0.6) is 5.75 Å². The molecule has 2 aliphatic heterocycles. The zero-order chi connectivity index (χ0) is 15.9. The number of ether oxygens (including phenoxy) is 1. The van der Waals surface area contributed by atoms with Gasteiger partial charge in [-0.25, -0.2) is 8.42 Å². The summed E-state index contributed by atoms with van der Waals surface area (Å²) >= 11 is 0. The Morgan fingerprint density at radius 1 is 1.27 bits per heavy atom. The fourth-order valence-electron chi connectivity index (χ4n) is 3.61. The summed E-state index contributed by atoms with van der Waals surface area (Å²) in [7, 11) is -1.55. The summed E-state index contributed by atoms with van der Waals surface area (Å²) in [4.78, 5) is 12.7. The third kappa shape index (κ3) is 2.30. The predicted octanol–water partition coefficient (Wildman–Crippen LogP) is 2.11. The second-order valence-electron chi connectivity index (χ2n) is 5.97. The molecular weight excluding hydrogens is 302 g/mol. The molecule has 2 heterocycles. The number of carbonyl (C=O) groups excluding carboxylic acids is 1. The molecule has 0 N–H and O–H groups in total. The molecule has 0 aromatic heterocycles. The largest absolute Gasteiger partial charge is 0.495 e. The van der Waals surface area contributed by atoms with Crippen LogP contribution in [0.1, 0.15) is 41.6 Å². The third-order valence-corrected chi connectivity index (χ3v) is 7.52. The van der Waals surface area contributed by atoms with Gasteiger partial charge < -0.3 is 4.74 Å². The zero-order valence-electron chi connectivity index (χ0n) is 12.3. The van der Waals surface area contributed by atoms with Gasteiger partial charge in [-0.05, 0) is 43.9 Å². The van der Waals surface area contributed by atoms with E-state index in [1.54, 1.807) is 12.1 Å². The summed E-state index contributed by atoms with van der Waals surface area (Å²) in [5.74, 6) is 0.109. The Bertz CT molecular complexity index is 743. The van der Waals surface area contributed by atoms with Crippen LogP contribution in [-0.4, -0.2) is 31.8 Å². The van der Waals surface area contributed by atoms with Crippen LogP contribution in [0.4, 0.5) is 0 Å². The number of nitrogens with zero attached hydrogens (tertiary/aromatic N) is 1. The highest BCUT2D eigenvalue weighted by molar-refractivity contribution is 7.93. The average molecular weight is 319 g/mol. The van der Waals surface area contributed by atoms with Gasteiger partial charge in [-0.3, -0.25) is 4.79 Å². The summed E-state index contributed by atoms with van der Waals surface area (Å²) in [5.41, 5.74) is 0.779. The molecule has 2 unspecified atom stereocenters. The van der Waals surface area contributed by atoms with E-state index in [4.69, 9.17) is 10.00 Å². The van der Waals surface area contributed by atoms with Crippen molar-refractivity contribution in [2.45, 2.75) is 36.2 Å². The molecule has 0 amide bonds. The Labute approximate surface area is 129 Å². The predicted molar refractivity (Wildman–Crippen MR) is 80.5 cm³/mol. The lowest BCUT2D eigenvalue weighted by atomic mass is 9.90. The van der Waals surface area contributed by atoms with Crippen molar-refractivity contribution in [1.82, 2.24) is 0 Å². The normalized spacial score (nSPS) is 28.8. The van der Waals surface area contributed by atoms with Gasteiger partial charge in [-0.2, -0.15) is 5.26 Å². The molecule has 22 heavy (non-hydrogen) atoms. The zero-order valence-corrected chi connectivity index (χ0v) is 13.1. The first-order chi connectivity index (χ1) is 10.5. The summed E-state index contributed by atoms with van der Waals surface area (Å²) in [6, 6.07) is 6.81. The van der Waals surface area contributed by atoms with E-state index < -0.39 is 9.84 Å². The maximum atomic E-state index is 12.7. The van der Waals surface area contributed by atoms with Crippen LogP contribution in [0, 0.1) is 17.2 Å². The fraction of sp³-hybridized carbons (Fsp3) is 0.500. The molecule has 1 aromatic rings. The van der Waals surface area contributed by atoms with E-state index in [-0.39, 0.29) is 22.2 Å². The quantitative estimate of drug-likeness (QED) is 0.797. The first-order valence-electron chi connectivity index (χ1n) is 7.32. The Morgan fingerprint density at radius 3 is 2.45 bits per heavy atom. The number of ketones is 1. The van der Waals surface area contributed by atoms with E-state index in [2.05, 4.69) is 0 Å². The molecule has 6 heteroatoms. The Morgan fingerprint density at radius 2 is 1.91 bits per heavy atom. The van der Waals surface area contributed by atoms with Gasteiger partial charge in [0, 0.05) is 11.5 Å². The number of nitriles is 1. The van der Waals surface area contributed by atoms with Crippen LogP contribution < -0.4 is 4.74 Å². The number of sulfone groups is 1. The maximum absolute atomic E-state index is 12.7. The van der Waals surface area contributed by atoms with Crippen molar-refractivity contribution in [1.29, 1.82) is 5.26 Å². The number of methoxy groups -OCH3 is 1. The SMILES string of the molecule is COc1ccc(C(=O)C2CC3CCC(C2)S3(=O)=O)cc1C#N. The topological polar surface area (TPSA) is 84.2 Å². The lowest BCUT2D eigenvalue weighted by Crippen LogP contribution is -2.36. The molecule has 0 spiro atoms. The van der Waals surface area contributed by atoms with Crippen LogP contribution in [0.3, 0.4) is 0 Å². The number of Topliss-reactive ketones (excluding diaryl/α,β-unsaturated/α-hetero) is 1. The molecule has 0 radical (unpaired) electrons. The van der Waals surface area contributed by atoms with Crippen LogP contribution in [0.2, 0.25) is 0 Å². The molecule has 2 saturated heterocycles. The van der Waals surface area contributed by atoms with Crippen molar-refractivity contribution in [2.24, 2.45) is 5.92 Å². The van der Waals surface area contributed by atoms with Crippen LogP contribution in [0.25, 0.3) is 0 Å². The van der Waals surface area contributed by atoms with Gasteiger partial charge in [0.15, 0.2) is 15.6 Å². The molecule has 1 aromatic carbocycles. The van der Waals surface area contributed by atoms with Crippen molar-refractivity contribution in [3.05, 3.63) is 29.3 Å². The minimum atomic E-state index is -3.03. The number of fused-ring (bicyclic) bond motifs is 2. The maximum Gasteiger partial charge on any atom is 0.166 e. The monoisotopic (exact) mass is 319 g/mol. The second-order valence-corrected chi connectivity index (χ2v) is 8.48. The van der Waals surface area contributed by atoms with Gasteiger partial charge >= 0.3 is 0 Å². The number of rotatable bonds is 3. The van der Waals surface area contributed by atoms with Gasteiger partial charge in [-0.15, -0.1) is 0 Å². The molecular formula is C16H17NO4S. The fourth-order valence-corrected chi connectivity index (χ4v) is 6.08. The van der Waals surface area contributed by atoms with Gasteiger partial charge in [0.2, 0.25) is 0 Å². The van der Waals surface area contributed by atoms with E-state index in [0.29, 0.717) is 42.6 Å². The minimum absolute atomic E-state index is 0.0639. The van der Waals surface area contributed by atoms with Crippen molar-refractivity contribution >= 4 is 15.6 Å². The molecule has 2 bridgehead atoms. The molecule has 0 saturated carbocycles. The van der Waals surface area contributed by atoms with Gasteiger partial charge in [0.25, 0.3) is 0 Å². The van der Waals surface area contributed by atoms with E-state index >= 15 is 0 Å². The van der Waals surface area contributed by atoms with E-state index in [9.17, 15) is 13.2 Å². The first kappa shape index (κ1) is 15.0. The molecule has 5 nitrogen and oxygen atoms in total. The van der Waals surface area contributed by atoms with Crippen LogP contribution in [0.15, 0.2) is 18.2 Å². The van der Waals surface area contributed by atoms with Crippen molar-refractivity contribution in [2.75, 3.05) is 7.11 Å². The highest BCUT2D eigenvalue weighted by Gasteiger charge is 2.48. The van der Waals surface area contributed by atoms with Gasteiger partial charge in [0.05, 0.1) is 23.2 Å². The van der Waals surface area contributed by atoms with E-state index in [1.807, 2.05) is 6.07 Å². The van der Waals surface area contributed by atoms with Crippen LogP contribution >= 0.6 is 0 Å². The highest BCUT2D eigenvalue weighted by atomic mass is 32.2. The Hall–Kier alpha value is -1.87. The van der Waals surface area contributed by atoms with Gasteiger partial charge in [-0.1, -0.05) is 0 Å². The number of hydrogen-bond acceptors (Lipinski definition) is 5. The molecule has 0 aliphatic carbocycles. The molecule has 2 aliphatic rings. The van der Waals surface area contributed by atoms with Crippen molar-refractivity contribution in [3.63, 3.8) is 0 Å². The second kappa shape index (κ2) is 5.40. The smallest absolute Gasteiger partial charge is 0.166 e. The summed E-state index contributed by atoms with van der Waals surface area (Å²) in [5, 5.41) is 8.37. The molecule has 2 fully saturated rings. The van der Waals surface area contributed by atoms with Crippen molar-refractivity contribution in [3.8, 4) is 11.8 Å². The summed E-state index contributed by atoms with van der Waals surface area (Å²) < 4.78 is 29.3. The van der Waals surface area contributed by atoms with E-state index in [0.717, 1.165) is 0 Å². The minimum Gasteiger partial charge on any atom is -0.495 e. The summed E-state index contributed by atoms with van der Waals surface area (Å²) in [6.45, 7) is 0. The average Bonchev–Trinajstić information content (AvgIpc) is 2.72. The molecule has 3 rings (SSSR count). The number of hydrogen-bond donors (Lipinski definition) is 0. The molecule has 116 valence electrons. The molecule has 2 atom stereocenters. The standard InChI is InChI=1S/C16H17NO4S/c1-21-15-5-2-10(6-12(15)9-17)16(18)11-7-13-3-4-14(8-11)22(13,19)20/h2,5-6,11,13-14H,3-4,7-8H2,1H3. The van der Waals surface area contributed by atoms with E-state index in [1.165, 1.54) is 13.2 Å². The van der Waals surface area contributed by atoms with Gasteiger partial charge in [0.1, 0.15) is 11.8 Å². The Balaban J connectivity index is 1.86. The lowest BCUT2D eigenvalue weighted by Gasteiger charge is -2.27. The lowest BCUT2D eigenvalue weighted by molar-refractivity contribution is 0.0905. The third-order valence-electron chi connectivity index (χ3n) is 4.81. The highest BCUT2D eigenvalue weighted by Crippen LogP contribution is 2.42. The summed E-state index contributed by atoms with van der Waals surface area (Å²) in [6.07, 6.45) is 2.16. The Kier molecular flexibility index (Phi) is 3.69. The van der Waals surface area contributed by atoms with Crippen LogP contribution in [-0.2, 0) is 9.84 Å².